The Hall–Kier alpha value is -2.70. The van der Waals surface area contributed by atoms with Crippen molar-refractivity contribution in [3.8, 4) is 0 Å². The number of halogens is 1. The van der Waals surface area contributed by atoms with Crippen LogP contribution in [0.2, 0.25) is 0 Å². The van der Waals surface area contributed by atoms with Gasteiger partial charge in [-0.3, -0.25) is 9.59 Å². The highest BCUT2D eigenvalue weighted by molar-refractivity contribution is 5.95. The summed E-state index contributed by atoms with van der Waals surface area (Å²) < 4.78 is 13.7. The molecule has 1 aromatic carbocycles. The van der Waals surface area contributed by atoms with Gasteiger partial charge in [0.15, 0.2) is 0 Å². The van der Waals surface area contributed by atoms with Gasteiger partial charge in [0.1, 0.15) is 5.82 Å². The molecule has 2 aliphatic heterocycles. The Balaban J connectivity index is 1.42. The molecule has 1 spiro atoms. The number of nitrogens with one attached hydrogen (secondary N) is 1. The van der Waals surface area contributed by atoms with Gasteiger partial charge in [-0.05, 0) is 50.3 Å². The minimum Gasteiger partial charge on any atom is -0.348 e. The van der Waals surface area contributed by atoms with Crippen LogP contribution in [0.4, 0.5) is 4.39 Å². The van der Waals surface area contributed by atoms with Crippen LogP contribution in [0.3, 0.4) is 0 Å². The number of likely N-dealkylation sites (tertiary alicyclic amines) is 1. The molecule has 152 valence electrons. The first-order valence-corrected chi connectivity index (χ1v) is 10.4. The quantitative estimate of drug-likeness (QED) is 0.849. The summed E-state index contributed by atoms with van der Waals surface area (Å²) in [5.41, 5.74) is 2.81. The second kappa shape index (κ2) is 6.68. The maximum atomic E-state index is 13.7. The van der Waals surface area contributed by atoms with Crippen LogP contribution in [0.15, 0.2) is 24.5 Å². The molecule has 1 aliphatic carbocycles. The van der Waals surface area contributed by atoms with Crippen molar-refractivity contribution >= 4 is 11.8 Å². The molecule has 6 nitrogen and oxygen atoms in total. The molecule has 1 N–H and O–H groups in total. The second-order valence-electron chi connectivity index (χ2n) is 8.53. The number of benzene rings is 1. The maximum Gasteiger partial charge on any atom is 0.254 e. The first kappa shape index (κ1) is 18.3. The van der Waals surface area contributed by atoms with E-state index in [4.69, 9.17) is 0 Å². The zero-order chi connectivity index (χ0) is 20.2. The van der Waals surface area contributed by atoms with E-state index in [0.29, 0.717) is 38.0 Å². The minimum atomic E-state index is -0.443. The van der Waals surface area contributed by atoms with E-state index < -0.39 is 11.4 Å². The molecular weight excluding hydrogens is 371 g/mol. The second-order valence-corrected chi connectivity index (χ2v) is 8.53. The molecule has 2 fully saturated rings. The van der Waals surface area contributed by atoms with Crippen molar-refractivity contribution in [1.82, 2.24) is 19.8 Å². The van der Waals surface area contributed by atoms with Crippen LogP contribution in [0.5, 0.6) is 0 Å². The predicted molar refractivity (Wildman–Crippen MR) is 105 cm³/mol. The van der Waals surface area contributed by atoms with E-state index in [1.54, 1.807) is 17.3 Å². The Morgan fingerprint density at radius 1 is 1.21 bits per heavy atom. The molecule has 1 saturated heterocycles. The van der Waals surface area contributed by atoms with Crippen molar-refractivity contribution in [1.29, 1.82) is 0 Å². The van der Waals surface area contributed by atoms with Gasteiger partial charge < -0.3 is 14.8 Å². The van der Waals surface area contributed by atoms with E-state index in [0.717, 1.165) is 36.2 Å². The zero-order valence-corrected chi connectivity index (χ0v) is 16.6. The van der Waals surface area contributed by atoms with Gasteiger partial charge in [0.05, 0.1) is 17.6 Å². The predicted octanol–water partition coefficient (Wildman–Crippen LogP) is 2.78. The number of carbonyl (C=O) groups excluding carboxylic acids is 2. The van der Waals surface area contributed by atoms with Gasteiger partial charge in [0.2, 0.25) is 5.91 Å². The van der Waals surface area contributed by atoms with E-state index in [-0.39, 0.29) is 17.7 Å². The lowest BCUT2D eigenvalue weighted by Crippen LogP contribution is -2.59. The fourth-order valence-corrected chi connectivity index (χ4v) is 4.93. The molecule has 7 heteroatoms. The number of aromatic amines is 1. The molecule has 3 heterocycles. The van der Waals surface area contributed by atoms with E-state index >= 15 is 0 Å². The van der Waals surface area contributed by atoms with E-state index in [9.17, 15) is 14.0 Å². The van der Waals surface area contributed by atoms with Gasteiger partial charge in [-0.25, -0.2) is 9.37 Å². The molecule has 0 unspecified atom stereocenters. The highest BCUT2D eigenvalue weighted by Crippen LogP contribution is 2.45. The number of hydrogen-bond donors (Lipinski definition) is 1. The molecule has 0 radical (unpaired) electrons. The van der Waals surface area contributed by atoms with Gasteiger partial charge in [-0.1, -0.05) is 6.07 Å². The average Bonchev–Trinajstić information content (AvgIpc) is 3.47. The van der Waals surface area contributed by atoms with Crippen LogP contribution in [0, 0.1) is 18.7 Å². The van der Waals surface area contributed by atoms with Crippen LogP contribution in [0.1, 0.15) is 53.0 Å². The van der Waals surface area contributed by atoms with E-state index in [1.165, 1.54) is 12.1 Å². The Kier molecular flexibility index (Phi) is 4.22. The van der Waals surface area contributed by atoms with Crippen LogP contribution in [-0.4, -0.2) is 51.2 Å². The van der Waals surface area contributed by atoms with Gasteiger partial charge in [0.25, 0.3) is 5.91 Å². The Morgan fingerprint density at radius 2 is 1.97 bits per heavy atom. The topological polar surface area (TPSA) is 69.3 Å². The van der Waals surface area contributed by atoms with Gasteiger partial charge in [-0.2, -0.15) is 0 Å². The number of imidazole rings is 1. The minimum absolute atomic E-state index is 0.144. The molecule has 0 bridgehead atoms. The number of hydrogen-bond acceptors (Lipinski definition) is 3. The number of aromatic nitrogens is 2. The zero-order valence-electron chi connectivity index (χ0n) is 16.6. The molecular formula is C22H25FN4O2. The highest BCUT2D eigenvalue weighted by atomic mass is 19.1. The summed E-state index contributed by atoms with van der Waals surface area (Å²) in [7, 11) is 0. The van der Waals surface area contributed by atoms with Crippen molar-refractivity contribution in [2.24, 2.45) is 5.92 Å². The third-order valence-electron chi connectivity index (χ3n) is 6.76. The lowest BCUT2D eigenvalue weighted by atomic mass is 9.78. The smallest absolute Gasteiger partial charge is 0.254 e. The number of piperidine rings is 1. The third-order valence-corrected chi connectivity index (χ3v) is 6.76. The monoisotopic (exact) mass is 396 g/mol. The number of aryl methyl sites for hydroxylation is 1. The number of nitrogens with zero attached hydrogens (tertiary/aromatic N) is 3. The van der Waals surface area contributed by atoms with Crippen molar-refractivity contribution in [3.05, 3.63) is 52.9 Å². The van der Waals surface area contributed by atoms with Crippen molar-refractivity contribution in [2.75, 3.05) is 19.6 Å². The third kappa shape index (κ3) is 2.94. The van der Waals surface area contributed by atoms with Crippen LogP contribution < -0.4 is 0 Å². The summed E-state index contributed by atoms with van der Waals surface area (Å²) in [6.45, 7) is 3.57. The maximum absolute atomic E-state index is 13.7. The molecule has 2 aromatic rings. The number of fused-ring (bicyclic) bond motifs is 2. The number of amides is 2. The fraction of sp³-hybridized carbons (Fsp3) is 0.500. The number of rotatable bonds is 2. The van der Waals surface area contributed by atoms with Crippen molar-refractivity contribution in [2.45, 2.75) is 44.6 Å². The van der Waals surface area contributed by atoms with Crippen molar-refractivity contribution < 1.29 is 14.0 Å². The number of carbonyl (C=O) groups is 2. The molecule has 29 heavy (non-hydrogen) atoms. The largest absolute Gasteiger partial charge is 0.348 e. The summed E-state index contributed by atoms with van der Waals surface area (Å²) in [6.07, 6.45) is 5.77. The SMILES string of the molecule is Cc1ccc(F)cc1C(=O)N1CCC2(CC1)c1nc[nH]c1CCN2C(=O)C1CC1. The van der Waals surface area contributed by atoms with Crippen LogP contribution in [0.25, 0.3) is 0 Å². The van der Waals surface area contributed by atoms with Gasteiger partial charge in [-0.15, -0.1) is 0 Å². The Labute approximate surface area is 169 Å². The average molecular weight is 396 g/mol. The summed E-state index contributed by atoms with van der Waals surface area (Å²) in [4.78, 5) is 37.7. The first-order chi connectivity index (χ1) is 14.0. The fourth-order valence-electron chi connectivity index (χ4n) is 4.93. The lowest BCUT2D eigenvalue weighted by Gasteiger charge is -2.50. The summed E-state index contributed by atoms with van der Waals surface area (Å²) >= 11 is 0. The van der Waals surface area contributed by atoms with Crippen LogP contribution >= 0.6 is 0 Å². The van der Waals surface area contributed by atoms with Crippen LogP contribution in [-0.2, 0) is 16.8 Å². The highest BCUT2D eigenvalue weighted by Gasteiger charge is 2.51. The Bertz CT molecular complexity index is 973. The van der Waals surface area contributed by atoms with E-state index in [1.807, 2.05) is 11.8 Å². The molecule has 2 amide bonds. The molecule has 3 aliphatic rings. The molecule has 0 atom stereocenters. The van der Waals surface area contributed by atoms with E-state index in [2.05, 4.69) is 9.97 Å². The van der Waals surface area contributed by atoms with Crippen molar-refractivity contribution in [3.63, 3.8) is 0 Å². The normalized spacial score (nSPS) is 20.6. The van der Waals surface area contributed by atoms with Gasteiger partial charge >= 0.3 is 0 Å². The lowest BCUT2D eigenvalue weighted by molar-refractivity contribution is -0.143. The summed E-state index contributed by atoms with van der Waals surface area (Å²) in [6, 6.07) is 4.33. The Morgan fingerprint density at radius 3 is 2.69 bits per heavy atom. The standard InChI is InChI=1S/C22H25FN4O2/c1-14-2-5-16(23)12-17(14)21(29)26-10-7-22(8-11-26)19-18(24-13-25-19)6-9-27(22)20(28)15-3-4-15/h2,5,12-13,15H,3-4,6-11H2,1H3,(H,24,25). The molecule has 1 aromatic heterocycles. The summed E-state index contributed by atoms with van der Waals surface area (Å²) in [5, 5.41) is 0. The molecule has 1 saturated carbocycles. The summed E-state index contributed by atoms with van der Waals surface area (Å²) in [5.74, 6) is -0.154. The number of H-pyrrole nitrogens is 1. The first-order valence-electron chi connectivity index (χ1n) is 10.4. The molecule has 5 rings (SSSR count). The van der Waals surface area contributed by atoms with Gasteiger partial charge in [0, 0.05) is 43.2 Å².